The van der Waals surface area contributed by atoms with Crippen LogP contribution in [0.1, 0.15) is 27.5 Å². The lowest BCUT2D eigenvalue weighted by atomic mass is 10.3. The Bertz CT molecular complexity index is 495. The number of aromatic carboxylic acids is 1. The first kappa shape index (κ1) is 12.1. The molecule has 0 saturated carbocycles. The van der Waals surface area contributed by atoms with Gasteiger partial charge in [0.2, 0.25) is 11.7 Å². The van der Waals surface area contributed by atoms with E-state index in [0.29, 0.717) is 13.1 Å². The Labute approximate surface area is 102 Å². The van der Waals surface area contributed by atoms with Crippen LogP contribution in [0.5, 0.6) is 0 Å². The molecule has 8 nitrogen and oxygen atoms in total. The first-order valence-electron chi connectivity index (χ1n) is 5.34. The molecule has 0 radical (unpaired) electrons. The van der Waals surface area contributed by atoms with Crippen LogP contribution >= 0.6 is 0 Å². The van der Waals surface area contributed by atoms with Gasteiger partial charge in [-0.15, -0.1) is 0 Å². The topological polar surface area (TPSA) is 113 Å². The molecular weight excluding hydrogens is 242 g/mol. The number of amides is 2. The predicted octanol–water partition coefficient (Wildman–Crippen LogP) is -0.665. The summed E-state index contributed by atoms with van der Waals surface area (Å²) in [6, 6.07) is 1.07. The zero-order valence-corrected chi connectivity index (χ0v) is 9.38. The number of hydrogen-bond donors (Lipinski definition) is 2. The molecule has 1 aliphatic rings. The Morgan fingerprint density at radius 2 is 2.22 bits per heavy atom. The lowest BCUT2D eigenvalue weighted by Crippen LogP contribution is -2.34. The maximum atomic E-state index is 12.0. The zero-order valence-electron chi connectivity index (χ0n) is 9.38. The molecule has 2 heterocycles. The van der Waals surface area contributed by atoms with Gasteiger partial charge in [-0.05, 0) is 0 Å². The molecule has 1 aromatic heterocycles. The van der Waals surface area contributed by atoms with Crippen LogP contribution in [0.3, 0.4) is 0 Å². The highest BCUT2D eigenvalue weighted by atomic mass is 16.5. The molecule has 1 fully saturated rings. The molecule has 18 heavy (non-hydrogen) atoms. The van der Waals surface area contributed by atoms with Crippen molar-refractivity contribution in [2.24, 2.45) is 0 Å². The quantitative estimate of drug-likeness (QED) is 0.723. The van der Waals surface area contributed by atoms with Gasteiger partial charge in [0.15, 0.2) is 5.69 Å². The van der Waals surface area contributed by atoms with Crippen LogP contribution in [-0.2, 0) is 4.79 Å². The second-order valence-corrected chi connectivity index (χ2v) is 3.77. The number of carboxylic acid groups (broad SMARTS) is 1. The summed E-state index contributed by atoms with van der Waals surface area (Å²) in [5.41, 5.74) is -0.0678. The Morgan fingerprint density at radius 3 is 2.89 bits per heavy atom. The van der Waals surface area contributed by atoms with Crippen molar-refractivity contribution in [3.63, 3.8) is 0 Å². The first-order chi connectivity index (χ1) is 8.58. The van der Waals surface area contributed by atoms with Crippen molar-refractivity contribution in [1.82, 2.24) is 15.4 Å². The summed E-state index contributed by atoms with van der Waals surface area (Å²) in [5.74, 6) is -2.23. The van der Waals surface area contributed by atoms with Crippen LogP contribution in [0.4, 0.5) is 0 Å². The summed E-state index contributed by atoms with van der Waals surface area (Å²) in [6.07, 6.45) is 0.218. The van der Waals surface area contributed by atoms with E-state index < -0.39 is 11.9 Å². The second-order valence-electron chi connectivity index (χ2n) is 3.77. The predicted molar refractivity (Wildman–Crippen MR) is 57.0 cm³/mol. The van der Waals surface area contributed by atoms with E-state index in [9.17, 15) is 14.4 Å². The van der Waals surface area contributed by atoms with Crippen molar-refractivity contribution in [2.45, 2.75) is 6.42 Å². The van der Waals surface area contributed by atoms with Gasteiger partial charge in [-0.3, -0.25) is 9.59 Å². The fraction of sp³-hybridized carbons (Fsp3) is 0.400. The number of rotatable bonds is 2. The minimum atomic E-state index is -1.28. The van der Waals surface area contributed by atoms with Crippen molar-refractivity contribution >= 4 is 17.8 Å². The number of carbonyl (C=O) groups is 3. The van der Waals surface area contributed by atoms with Gasteiger partial charge < -0.3 is 19.8 Å². The fourth-order valence-electron chi connectivity index (χ4n) is 1.61. The average Bonchev–Trinajstić information content (AvgIpc) is 2.73. The molecule has 0 spiro atoms. The van der Waals surface area contributed by atoms with E-state index >= 15 is 0 Å². The van der Waals surface area contributed by atoms with E-state index in [0.717, 1.165) is 6.07 Å². The van der Waals surface area contributed by atoms with Gasteiger partial charge >= 0.3 is 5.97 Å². The molecule has 1 aliphatic heterocycles. The Balaban J connectivity index is 2.09. The number of nitrogens with one attached hydrogen (secondary N) is 1. The smallest absolute Gasteiger partial charge is 0.374 e. The van der Waals surface area contributed by atoms with E-state index in [1.54, 1.807) is 0 Å². The third-order valence-electron chi connectivity index (χ3n) is 2.54. The molecule has 0 bridgehead atoms. The van der Waals surface area contributed by atoms with Crippen molar-refractivity contribution in [1.29, 1.82) is 0 Å². The van der Waals surface area contributed by atoms with E-state index in [2.05, 4.69) is 15.0 Å². The highest BCUT2D eigenvalue weighted by Gasteiger charge is 2.23. The van der Waals surface area contributed by atoms with Crippen molar-refractivity contribution in [3.8, 4) is 0 Å². The lowest BCUT2D eigenvalue weighted by Gasteiger charge is -2.17. The van der Waals surface area contributed by atoms with Crippen LogP contribution in [0.2, 0.25) is 0 Å². The Hall–Kier alpha value is -2.38. The second kappa shape index (κ2) is 4.86. The summed E-state index contributed by atoms with van der Waals surface area (Å²) < 4.78 is 4.51. The number of carboxylic acids is 1. The molecule has 2 N–H and O–H groups in total. The SMILES string of the molecule is O=C1CCN(C(=O)c2cc(C(=O)O)on2)CCN1. The molecule has 8 heteroatoms. The van der Waals surface area contributed by atoms with Gasteiger partial charge in [0.25, 0.3) is 5.91 Å². The van der Waals surface area contributed by atoms with Crippen molar-refractivity contribution in [3.05, 3.63) is 17.5 Å². The zero-order chi connectivity index (χ0) is 13.1. The third kappa shape index (κ3) is 2.47. The molecule has 2 amide bonds. The van der Waals surface area contributed by atoms with Crippen LogP contribution in [0.25, 0.3) is 0 Å². The van der Waals surface area contributed by atoms with Crippen LogP contribution in [0.15, 0.2) is 10.6 Å². The van der Waals surface area contributed by atoms with Crippen LogP contribution in [-0.4, -0.2) is 52.6 Å². The van der Waals surface area contributed by atoms with Crippen LogP contribution < -0.4 is 5.32 Å². The van der Waals surface area contributed by atoms with E-state index in [4.69, 9.17) is 5.11 Å². The van der Waals surface area contributed by atoms with Crippen molar-refractivity contribution in [2.75, 3.05) is 19.6 Å². The monoisotopic (exact) mass is 253 g/mol. The average molecular weight is 253 g/mol. The van der Waals surface area contributed by atoms with E-state index in [1.165, 1.54) is 4.90 Å². The molecule has 0 atom stereocenters. The summed E-state index contributed by atoms with van der Waals surface area (Å²) in [7, 11) is 0. The summed E-state index contributed by atoms with van der Waals surface area (Å²) >= 11 is 0. The minimum absolute atomic E-state index is 0.0678. The van der Waals surface area contributed by atoms with Gasteiger partial charge in [-0.2, -0.15) is 0 Å². The van der Waals surface area contributed by atoms with Gasteiger partial charge in [0.05, 0.1) is 0 Å². The third-order valence-corrected chi connectivity index (χ3v) is 2.54. The minimum Gasteiger partial charge on any atom is -0.475 e. The Kier molecular flexibility index (Phi) is 3.26. The summed E-state index contributed by atoms with van der Waals surface area (Å²) in [6.45, 7) is 1.01. The van der Waals surface area contributed by atoms with Crippen LogP contribution in [0, 0.1) is 0 Å². The largest absolute Gasteiger partial charge is 0.475 e. The van der Waals surface area contributed by atoms with Gasteiger partial charge in [-0.1, -0.05) is 5.16 Å². The molecule has 1 aromatic rings. The van der Waals surface area contributed by atoms with Gasteiger partial charge in [-0.25, -0.2) is 4.79 Å². The van der Waals surface area contributed by atoms with Crippen molar-refractivity contribution < 1.29 is 24.0 Å². The number of aromatic nitrogens is 1. The normalized spacial score (nSPS) is 16.0. The maximum Gasteiger partial charge on any atom is 0.374 e. The molecular formula is C10H11N3O5. The summed E-state index contributed by atoms with van der Waals surface area (Å²) in [4.78, 5) is 35.1. The molecule has 2 rings (SSSR count). The molecule has 0 aliphatic carbocycles. The fourth-order valence-corrected chi connectivity index (χ4v) is 1.61. The molecule has 1 saturated heterocycles. The molecule has 96 valence electrons. The first-order valence-corrected chi connectivity index (χ1v) is 5.34. The summed E-state index contributed by atoms with van der Waals surface area (Å²) in [5, 5.41) is 14.7. The standard InChI is InChI=1S/C10H11N3O5/c14-8-1-3-13(4-2-11-8)9(15)6-5-7(10(16)17)18-12-6/h5H,1-4H2,(H,11,14)(H,16,17). The molecule has 0 aromatic carbocycles. The number of hydrogen-bond acceptors (Lipinski definition) is 5. The lowest BCUT2D eigenvalue weighted by molar-refractivity contribution is -0.120. The van der Waals surface area contributed by atoms with Gasteiger partial charge in [0, 0.05) is 32.1 Å². The Morgan fingerprint density at radius 1 is 1.44 bits per heavy atom. The number of carbonyl (C=O) groups excluding carboxylic acids is 2. The number of nitrogens with zero attached hydrogens (tertiary/aromatic N) is 2. The highest BCUT2D eigenvalue weighted by molar-refractivity contribution is 5.95. The highest BCUT2D eigenvalue weighted by Crippen LogP contribution is 2.08. The molecule has 0 unspecified atom stereocenters. The van der Waals surface area contributed by atoms with Gasteiger partial charge in [0.1, 0.15) is 0 Å². The van der Waals surface area contributed by atoms with E-state index in [1.807, 2.05) is 0 Å². The van der Waals surface area contributed by atoms with E-state index in [-0.39, 0.29) is 30.3 Å². The maximum absolute atomic E-state index is 12.0.